The van der Waals surface area contributed by atoms with E-state index in [1.54, 1.807) is 0 Å². The molecular formula is C10H21NO. The number of rotatable bonds is 6. The Bertz CT molecular complexity index is 100. The number of ether oxygens (including phenoxy) is 1. The van der Waals surface area contributed by atoms with Gasteiger partial charge in [-0.25, -0.2) is 0 Å². The van der Waals surface area contributed by atoms with Gasteiger partial charge in [0.05, 0.1) is 6.61 Å². The van der Waals surface area contributed by atoms with Crippen molar-refractivity contribution >= 4 is 0 Å². The van der Waals surface area contributed by atoms with E-state index in [1.165, 1.54) is 38.6 Å². The molecule has 1 aliphatic heterocycles. The lowest BCUT2D eigenvalue weighted by molar-refractivity contribution is 0.190. The molecule has 0 amide bonds. The molecule has 72 valence electrons. The van der Waals surface area contributed by atoms with E-state index in [-0.39, 0.29) is 0 Å². The summed E-state index contributed by atoms with van der Waals surface area (Å²) in [7, 11) is 0. The summed E-state index contributed by atoms with van der Waals surface area (Å²) in [4.78, 5) is 0. The van der Waals surface area contributed by atoms with Crippen molar-refractivity contribution in [2.45, 2.75) is 45.1 Å². The van der Waals surface area contributed by atoms with E-state index in [2.05, 4.69) is 12.2 Å². The highest BCUT2D eigenvalue weighted by Crippen LogP contribution is 2.04. The van der Waals surface area contributed by atoms with Gasteiger partial charge in [-0.05, 0) is 19.4 Å². The van der Waals surface area contributed by atoms with E-state index in [4.69, 9.17) is 4.74 Å². The summed E-state index contributed by atoms with van der Waals surface area (Å²) >= 11 is 0. The Morgan fingerprint density at radius 3 is 2.92 bits per heavy atom. The normalized spacial score (nSPS) is 23.2. The summed E-state index contributed by atoms with van der Waals surface area (Å²) < 4.78 is 5.27. The van der Waals surface area contributed by atoms with Gasteiger partial charge in [-0.3, -0.25) is 0 Å². The zero-order chi connectivity index (χ0) is 8.65. The smallest absolute Gasteiger partial charge is 0.0620 e. The molecule has 0 aromatic heterocycles. The average molecular weight is 171 g/mol. The Morgan fingerprint density at radius 1 is 1.33 bits per heavy atom. The van der Waals surface area contributed by atoms with Gasteiger partial charge in [0.1, 0.15) is 0 Å². The maximum absolute atomic E-state index is 5.27. The van der Waals surface area contributed by atoms with Crippen molar-refractivity contribution in [1.29, 1.82) is 0 Å². The van der Waals surface area contributed by atoms with Gasteiger partial charge < -0.3 is 10.1 Å². The summed E-state index contributed by atoms with van der Waals surface area (Å²) in [6, 6.07) is 0.645. The maximum atomic E-state index is 5.27. The van der Waals surface area contributed by atoms with Crippen LogP contribution in [-0.4, -0.2) is 25.8 Å². The molecule has 1 aliphatic rings. The number of nitrogens with one attached hydrogen (secondary N) is 1. The Labute approximate surface area is 75.7 Å². The second kappa shape index (κ2) is 6.44. The van der Waals surface area contributed by atoms with Gasteiger partial charge in [0.2, 0.25) is 0 Å². The van der Waals surface area contributed by atoms with Gasteiger partial charge in [-0.1, -0.05) is 26.2 Å². The molecule has 1 heterocycles. The van der Waals surface area contributed by atoms with Gasteiger partial charge in [-0.2, -0.15) is 0 Å². The third-order valence-corrected chi connectivity index (χ3v) is 2.39. The van der Waals surface area contributed by atoms with E-state index in [1.807, 2.05) is 0 Å². The van der Waals surface area contributed by atoms with Crippen LogP contribution in [0.5, 0.6) is 0 Å². The third kappa shape index (κ3) is 4.07. The molecule has 2 heteroatoms. The summed E-state index contributed by atoms with van der Waals surface area (Å²) in [5, 5.41) is 3.52. The van der Waals surface area contributed by atoms with Crippen LogP contribution in [0.2, 0.25) is 0 Å². The largest absolute Gasteiger partial charge is 0.380 e. The van der Waals surface area contributed by atoms with Crippen molar-refractivity contribution in [2.75, 3.05) is 19.8 Å². The molecule has 2 nitrogen and oxygen atoms in total. The van der Waals surface area contributed by atoms with Gasteiger partial charge in [0, 0.05) is 12.6 Å². The molecule has 1 saturated heterocycles. The summed E-state index contributed by atoms with van der Waals surface area (Å²) in [5.74, 6) is 0. The Kier molecular flexibility index (Phi) is 5.37. The minimum Gasteiger partial charge on any atom is -0.380 e. The van der Waals surface area contributed by atoms with Crippen LogP contribution in [0.4, 0.5) is 0 Å². The Hall–Kier alpha value is -0.0800. The number of hydrogen-bond acceptors (Lipinski definition) is 2. The van der Waals surface area contributed by atoms with Crippen LogP contribution in [0.3, 0.4) is 0 Å². The lowest BCUT2D eigenvalue weighted by Gasteiger charge is -2.09. The van der Waals surface area contributed by atoms with Crippen molar-refractivity contribution in [3.63, 3.8) is 0 Å². The second-order valence-electron chi connectivity index (χ2n) is 3.58. The average Bonchev–Trinajstić information content (AvgIpc) is 2.57. The molecule has 0 spiro atoms. The van der Waals surface area contributed by atoms with Crippen molar-refractivity contribution < 1.29 is 4.74 Å². The molecule has 0 aliphatic carbocycles. The quantitative estimate of drug-likeness (QED) is 0.617. The summed E-state index contributed by atoms with van der Waals surface area (Å²) in [6.45, 7) is 5.30. The molecule has 1 unspecified atom stereocenters. The van der Waals surface area contributed by atoms with Gasteiger partial charge in [0.15, 0.2) is 0 Å². The molecule has 1 fully saturated rings. The van der Waals surface area contributed by atoms with Crippen LogP contribution in [0.1, 0.15) is 39.0 Å². The van der Waals surface area contributed by atoms with Gasteiger partial charge in [-0.15, -0.1) is 0 Å². The molecule has 1 N–H and O–H groups in total. The number of unbranched alkanes of at least 4 members (excludes halogenated alkanes) is 3. The molecule has 0 saturated carbocycles. The van der Waals surface area contributed by atoms with E-state index < -0.39 is 0 Å². The SMILES string of the molecule is CCCCCCNC1CCOC1. The van der Waals surface area contributed by atoms with Crippen molar-refractivity contribution in [1.82, 2.24) is 5.32 Å². The third-order valence-electron chi connectivity index (χ3n) is 2.39. The Morgan fingerprint density at radius 2 is 2.25 bits per heavy atom. The van der Waals surface area contributed by atoms with Crippen LogP contribution in [0.15, 0.2) is 0 Å². The molecular weight excluding hydrogens is 150 g/mol. The Balaban J connectivity index is 1.81. The minimum absolute atomic E-state index is 0.645. The van der Waals surface area contributed by atoms with Crippen LogP contribution >= 0.6 is 0 Å². The summed E-state index contributed by atoms with van der Waals surface area (Å²) in [6.07, 6.45) is 6.60. The molecule has 12 heavy (non-hydrogen) atoms. The standard InChI is InChI=1S/C10H21NO/c1-2-3-4-5-7-11-10-6-8-12-9-10/h10-11H,2-9H2,1H3. The molecule has 1 atom stereocenters. The lowest BCUT2D eigenvalue weighted by Crippen LogP contribution is -2.29. The zero-order valence-corrected chi connectivity index (χ0v) is 8.14. The topological polar surface area (TPSA) is 21.3 Å². The van der Waals surface area contributed by atoms with Gasteiger partial charge in [0.25, 0.3) is 0 Å². The van der Waals surface area contributed by atoms with Crippen molar-refractivity contribution in [2.24, 2.45) is 0 Å². The molecule has 1 rings (SSSR count). The first-order chi connectivity index (χ1) is 5.93. The first-order valence-electron chi connectivity index (χ1n) is 5.24. The fraction of sp³-hybridized carbons (Fsp3) is 1.00. The highest BCUT2D eigenvalue weighted by molar-refractivity contribution is 4.70. The predicted octanol–water partition coefficient (Wildman–Crippen LogP) is 1.95. The zero-order valence-electron chi connectivity index (χ0n) is 8.14. The maximum Gasteiger partial charge on any atom is 0.0620 e. The molecule has 0 aromatic carbocycles. The second-order valence-corrected chi connectivity index (χ2v) is 3.58. The van der Waals surface area contributed by atoms with Crippen molar-refractivity contribution in [3.05, 3.63) is 0 Å². The van der Waals surface area contributed by atoms with Crippen LogP contribution in [0.25, 0.3) is 0 Å². The molecule has 0 bridgehead atoms. The highest BCUT2D eigenvalue weighted by Gasteiger charge is 2.13. The minimum atomic E-state index is 0.645. The fourth-order valence-electron chi connectivity index (χ4n) is 1.55. The van der Waals surface area contributed by atoms with E-state index >= 15 is 0 Å². The van der Waals surface area contributed by atoms with Crippen LogP contribution in [-0.2, 0) is 4.74 Å². The first kappa shape index (κ1) is 10.0. The van der Waals surface area contributed by atoms with Crippen molar-refractivity contribution in [3.8, 4) is 0 Å². The van der Waals surface area contributed by atoms with E-state index in [0.29, 0.717) is 6.04 Å². The van der Waals surface area contributed by atoms with Gasteiger partial charge >= 0.3 is 0 Å². The van der Waals surface area contributed by atoms with Crippen LogP contribution < -0.4 is 5.32 Å². The molecule has 0 radical (unpaired) electrons. The monoisotopic (exact) mass is 171 g/mol. The van der Waals surface area contributed by atoms with Crippen LogP contribution in [0, 0.1) is 0 Å². The highest BCUT2D eigenvalue weighted by atomic mass is 16.5. The summed E-state index contributed by atoms with van der Waals surface area (Å²) in [5.41, 5.74) is 0. The first-order valence-corrected chi connectivity index (χ1v) is 5.24. The predicted molar refractivity (Wildman–Crippen MR) is 51.4 cm³/mol. The van der Waals surface area contributed by atoms with E-state index in [0.717, 1.165) is 13.2 Å². The van der Waals surface area contributed by atoms with E-state index in [9.17, 15) is 0 Å². The molecule has 0 aromatic rings. The fourth-order valence-corrected chi connectivity index (χ4v) is 1.55. The lowest BCUT2D eigenvalue weighted by atomic mass is 10.2. The number of hydrogen-bond donors (Lipinski definition) is 1.